The van der Waals surface area contributed by atoms with Crippen LogP contribution in [0.25, 0.3) is 0 Å². The van der Waals surface area contributed by atoms with Gasteiger partial charge < -0.3 is 9.47 Å². The molecule has 0 amide bonds. The molecule has 40 heavy (non-hydrogen) atoms. The Bertz CT molecular complexity index is 712. The molecule has 0 fully saturated rings. The molecule has 230 valence electrons. The first kappa shape index (κ1) is 36.2. The fourth-order valence-electron chi connectivity index (χ4n) is 5.12. The first-order valence-electron chi connectivity index (χ1n) is 17.1. The lowest BCUT2D eigenvalue weighted by molar-refractivity contribution is 0.0483. The van der Waals surface area contributed by atoms with Crippen molar-refractivity contribution in [3.63, 3.8) is 0 Å². The predicted molar refractivity (Wildman–Crippen MR) is 169 cm³/mol. The second kappa shape index (κ2) is 27.3. The Balaban J connectivity index is 1.99. The highest BCUT2D eigenvalue weighted by Crippen LogP contribution is 2.14. The molecule has 0 atom stereocenters. The molecule has 0 aliphatic rings. The molecular formula is C36H62O4. The third-order valence-electron chi connectivity index (χ3n) is 7.82. The van der Waals surface area contributed by atoms with Crippen molar-refractivity contribution in [3.8, 4) is 0 Å². The summed E-state index contributed by atoms with van der Waals surface area (Å²) in [7, 11) is 0. The number of benzene rings is 1. The monoisotopic (exact) mass is 558 g/mol. The average Bonchev–Trinajstić information content (AvgIpc) is 2.97. The number of esters is 2. The molecule has 0 spiro atoms. The highest BCUT2D eigenvalue weighted by atomic mass is 16.5. The maximum Gasteiger partial charge on any atom is 0.338 e. The summed E-state index contributed by atoms with van der Waals surface area (Å²) >= 11 is 0. The van der Waals surface area contributed by atoms with Crippen LogP contribution >= 0.6 is 0 Å². The average molecular weight is 559 g/mol. The Morgan fingerprint density at radius 2 is 0.625 bits per heavy atom. The Morgan fingerprint density at radius 3 is 0.875 bits per heavy atom. The van der Waals surface area contributed by atoms with E-state index in [1.165, 1.54) is 128 Å². The smallest absolute Gasteiger partial charge is 0.338 e. The molecule has 0 N–H and O–H groups in total. The molecule has 0 aliphatic heterocycles. The first-order chi connectivity index (χ1) is 19.7. The summed E-state index contributed by atoms with van der Waals surface area (Å²) in [5.41, 5.74) is 0.965. The van der Waals surface area contributed by atoms with Crippen LogP contribution in [0.1, 0.15) is 189 Å². The van der Waals surface area contributed by atoms with E-state index in [0.29, 0.717) is 24.3 Å². The second-order valence-corrected chi connectivity index (χ2v) is 11.6. The summed E-state index contributed by atoms with van der Waals surface area (Å²) in [6.45, 7) is 5.44. The molecule has 0 bridgehead atoms. The third-order valence-corrected chi connectivity index (χ3v) is 7.82. The lowest BCUT2D eigenvalue weighted by Crippen LogP contribution is -2.09. The van der Waals surface area contributed by atoms with E-state index >= 15 is 0 Å². The molecule has 1 aromatic rings. The van der Waals surface area contributed by atoms with Crippen LogP contribution < -0.4 is 0 Å². The predicted octanol–water partition coefficient (Wildman–Crippen LogP) is 11.4. The fourth-order valence-corrected chi connectivity index (χ4v) is 5.12. The Hall–Kier alpha value is -1.84. The summed E-state index contributed by atoms with van der Waals surface area (Å²) in [6.07, 6.45) is 30.8. The number of hydrogen-bond donors (Lipinski definition) is 0. The minimum atomic E-state index is -0.320. The number of carbonyl (C=O) groups excluding carboxylic acids is 2. The molecule has 0 radical (unpaired) electrons. The number of hydrogen-bond acceptors (Lipinski definition) is 4. The SMILES string of the molecule is CCCCCCCCCCCCCCCOC(=O)c1ccc(C(=O)OCCCCCCCCCCCCC)cc1. The molecule has 4 heteroatoms. The summed E-state index contributed by atoms with van der Waals surface area (Å²) in [6, 6.07) is 6.63. The lowest BCUT2D eigenvalue weighted by atomic mass is 10.0. The highest BCUT2D eigenvalue weighted by Gasteiger charge is 2.11. The van der Waals surface area contributed by atoms with E-state index in [9.17, 15) is 9.59 Å². The van der Waals surface area contributed by atoms with Gasteiger partial charge in [-0.25, -0.2) is 9.59 Å². The number of carbonyl (C=O) groups is 2. The van der Waals surface area contributed by atoms with Crippen LogP contribution in [0.15, 0.2) is 24.3 Å². The summed E-state index contributed by atoms with van der Waals surface area (Å²) in [5.74, 6) is -0.640. The van der Waals surface area contributed by atoms with Gasteiger partial charge in [-0.3, -0.25) is 0 Å². The molecule has 0 aliphatic carbocycles. The molecule has 0 saturated heterocycles. The van der Waals surface area contributed by atoms with Gasteiger partial charge in [-0.1, -0.05) is 155 Å². The van der Waals surface area contributed by atoms with E-state index in [1.54, 1.807) is 24.3 Å². The van der Waals surface area contributed by atoms with Gasteiger partial charge in [0.15, 0.2) is 0 Å². The van der Waals surface area contributed by atoms with Gasteiger partial charge in [0.2, 0.25) is 0 Å². The van der Waals surface area contributed by atoms with Crippen molar-refractivity contribution in [1.29, 1.82) is 0 Å². The van der Waals surface area contributed by atoms with Crippen molar-refractivity contribution >= 4 is 11.9 Å². The van der Waals surface area contributed by atoms with Crippen LogP contribution in [0, 0.1) is 0 Å². The maximum absolute atomic E-state index is 12.3. The fraction of sp³-hybridized carbons (Fsp3) is 0.778. The zero-order chi connectivity index (χ0) is 28.9. The van der Waals surface area contributed by atoms with E-state index in [4.69, 9.17) is 9.47 Å². The van der Waals surface area contributed by atoms with Gasteiger partial charge in [-0.2, -0.15) is 0 Å². The molecule has 0 heterocycles. The van der Waals surface area contributed by atoms with Crippen LogP contribution in [0.5, 0.6) is 0 Å². The molecule has 1 aromatic carbocycles. The summed E-state index contributed by atoms with van der Waals surface area (Å²) in [4.78, 5) is 24.6. The quantitative estimate of drug-likeness (QED) is 0.0758. The van der Waals surface area contributed by atoms with E-state index in [0.717, 1.165) is 25.7 Å². The van der Waals surface area contributed by atoms with Crippen molar-refractivity contribution in [1.82, 2.24) is 0 Å². The van der Waals surface area contributed by atoms with Gasteiger partial charge in [0.1, 0.15) is 0 Å². The van der Waals surface area contributed by atoms with Crippen molar-refractivity contribution < 1.29 is 19.1 Å². The van der Waals surface area contributed by atoms with Crippen LogP contribution in [0.4, 0.5) is 0 Å². The minimum Gasteiger partial charge on any atom is -0.462 e. The minimum absolute atomic E-state index is 0.320. The molecular weight excluding hydrogens is 496 g/mol. The van der Waals surface area contributed by atoms with E-state index < -0.39 is 0 Å². The topological polar surface area (TPSA) is 52.6 Å². The zero-order valence-corrected chi connectivity index (χ0v) is 26.3. The second-order valence-electron chi connectivity index (χ2n) is 11.6. The van der Waals surface area contributed by atoms with E-state index in [-0.39, 0.29) is 11.9 Å². The van der Waals surface area contributed by atoms with Crippen LogP contribution in [0.3, 0.4) is 0 Å². The number of ether oxygens (including phenoxy) is 2. The Kier molecular flexibility index (Phi) is 24.7. The summed E-state index contributed by atoms with van der Waals surface area (Å²) < 4.78 is 10.8. The standard InChI is InChI=1S/C36H62O4/c1-3-5-7-9-11-13-15-16-18-20-22-24-26-32-40-36(38)34-29-27-33(28-30-34)35(37)39-31-25-23-21-19-17-14-12-10-8-6-4-2/h27-30H,3-26,31-32H2,1-2H3. The van der Waals surface area contributed by atoms with Crippen LogP contribution in [0.2, 0.25) is 0 Å². The number of unbranched alkanes of at least 4 members (excludes halogenated alkanes) is 22. The van der Waals surface area contributed by atoms with Gasteiger partial charge in [-0.05, 0) is 37.1 Å². The van der Waals surface area contributed by atoms with Gasteiger partial charge in [-0.15, -0.1) is 0 Å². The number of rotatable bonds is 28. The molecule has 1 rings (SSSR count). The van der Waals surface area contributed by atoms with Crippen molar-refractivity contribution in [3.05, 3.63) is 35.4 Å². The van der Waals surface area contributed by atoms with E-state index in [2.05, 4.69) is 13.8 Å². The van der Waals surface area contributed by atoms with Gasteiger partial charge in [0.05, 0.1) is 24.3 Å². The third kappa shape index (κ3) is 21.0. The van der Waals surface area contributed by atoms with E-state index in [1.807, 2.05) is 0 Å². The molecule has 4 nitrogen and oxygen atoms in total. The molecule has 0 saturated carbocycles. The van der Waals surface area contributed by atoms with Crippen molar-refractivity contribution in [2.75, 3.05) is 13.2 Å². The highest BCUT2D eigenvalue weighted by molar-refractivity contribution is 5.93. The summed E-state index contributed by atoms with van der Waals surface area (Å²) in [5, 5.41) is 0. The van der Waals surface area contributed by atoms with Crippen molar-refractivity contribution in [2.45, 2.75) is 168 Å². The Morgan fingerprint density at radius 1 is 0.400 bits per heavy atom. The Labute approximate surface area is 247 Å². The van der Waals surface area contributed by atoms with Crippen molar-refractivity contribution in [2.24, 2.45) is 0 Å². The van der Waals surface area contributed by atoms with Crippen LogP contribution in [-0.2, 0) is 9.47 Å². The maximum atomic E-state index is 12.3. The molecule has 0 aromatic heterocycles. The largest absolute Gasteiger partial charge is 0.462 e. The van der Waals surface area contributed by atoms with Gasteiger partial charge >= 0.3 is 11.9 Å². The van der Waals surface area contributed by atoms with Crippen LogP contribution in [-0.4, -0.2) is 25.2 Å². The van der Waals surface area contributed by atoms with Gasteiger partial charge in [0, 0.05) is 0 Å². The lowest BCUT2D eigenvalue weighted by Gasteiger charge is -2.07. The zero-order valence-electron chi connectivity index (χ0n) is 26.3. The first-order valence-corrected chi connectivity index (χ1v) is 17.1. The normalized spacial score (nSPS) is 11.1. The van der Waals surface area contributed by atoms with Gasteiger partial charge in [0.25, 0.3) is 0 Å². The molecule has 0 unspecified atom stereocenters.